The molecule has 20 heavy (non-hydrogen) atoms. The molecule has 1 aromatic carbocycles. The van der Waals surface area contributed by atoms with Crippen LogP contribution in [0.25, 0.3) is 11.0 Å². The van der Waals surface area contributed by atoms with Crippen molar-refractivity contribution in [1.82, 2.24) is 5.32 Å². The van der Waals surface area contributed by atoms with E-state index in [1.165, 1.54) is 0 Å². The zero-order valence-corrected chi connectivity index (χ0v) is 12.1. The summed E-state index contributed by atoms with van der Waals surface area (Å²) in [4.78, 5) is 12.1. The third kappa shape index (κ3) is 3.61. The monoisotopic (exact) mass is 274 g/mol. The third-order valence-corrected chi connectivity index (χ3v) is 3.43. The molecule has 0 aliphatic heterocycles. The highest BCUT2D eigenvalue weighted by atomic mass is 16.3. The van der Waals surface area contributed by atoms with Crippen LogP contribution in [0.15, 0.2) is 34.7 Å². The van der Waals surface area contributed by atoms with E-state index in [1.54, 1.807) is 6.07 Å². The zero-order valence-electron chi connectivity index (χ0n) is 12.1. The number of benzene rings is 1. The Balaban J connectivity index is 1.98. The van der Waals surface area contributed by atoms with Crippen LogP contribution in [-0.4, -0.2) is 19.0 Å². The fraction of sp³-hybridized carbons (Fsp3) is 0.438. The van der Waals surface area contributed by atoms with Crippen molar-refractivity contribution < 1.29 is 9.21 Å². The van der Waals surface area contributed by atoms with Gasteiger partial charge in [0.1, 0.15) is 5.58 Å². The lowest BCUT2D eigenvalue weighted by Crippen LogP contribution is -2.34. The molecule has 2 rings (SSSR count). The quantitative estimate of drug-likeness (QED) is 0.851. The van der Waals surface area contributed by atoms with E-state index < -0.39 is 0 Å². The number of carbonyl (C=O) groups excluding carboxylic acids is 1. The van der Waals surface area contributed by atoms with Crippen LogP contribution in [-0.2, 0) is 0 Å². The first-order chi connectivity index (χ1) is 9.52. The lowest BCUT2D eigenvalue weighted by Gasteiger charge is -2.24. The predicted molar refractivity (Wildman–Crippen MR) is 80.6 cm³/mol. The fourth-order valence-corrected chi connectivity index (χ4v) is 2.17. The molecule has 0 bridgehead atoms. The molecule has 0 aliphatic rings. The summed E-state index contributed by atoms with van der Waals surface area (Å²) in [5.41, 5.74) is 6.30. The zero-order chi connectivity index (χ0) is 14.6. The topological polar surface area (TPSA) is 68.3 Å². The summed E-state index contributed by atoms with van der Waals surface area (Å²) >= 11 is 0. The van der Waals surface area contributed by atoms with Gasteiger partial charge in [-0.05, 0) is 36.9 Å². The van der Waals surface area contributed by atoms with Crippen molar-refractivity contribution in [3.8, 4) is 0 Å². The standard InChI is InChI=1S/C16H22N2O2/c1-16(2,8-5-9-17)11-18-15(19)14-10-12-6-3-4-7-13(12)20-14/h3-4,6-7,10H,5,8-9,11,17H2,1-2H3,(H,18,19). The number of hydrogen-bond donors (Lipinski definition) is 2. The Kier molecular flexibility index (Phi) is 4.45. The normalized spacial score (nSPS) is 11.8. The highest BCUT2D eigenvalue weighted by Gasteiger charge is 2.20. The van der Waals surface area contributed by atoms with Gasteiger partial charge in [0.2, 0.25) is 0 Å². The highest BCUT2D eigenvalue weighted by Crippen LogP contribution is 2.22. The minimum atomic E-state index is -0.165. The molecule has 0 unspecified atom stereocenters. The smallest absolute Gasteiger partial charge is 0.287 e. The minimum Gasteiger partial charge on any atom is -0.451 e. The number of amides is 1. The average molecular weight is 274 g/mol. The fourth-order valence-electron chi connectivity index (χ4n) is 2.17. The number of nitrogens with two attached hydrogens (primary N) is 1. The first kappa shape index (κ1) is 14.6. The van der Waals surface area contributed by atoms with Crippen molar-refractivity contribution in [2.75, 3.05) is 13.1 Å². The van der Waals surface area contributed by atoms with Gasteiger partial charge < -0.3 is 15.5 Å². The van der Waals surface area contributed by atoms with Crippen molar-refractivity contribution in [2.24, 2.45) is 11.1 Å². The van der Waals surface area contributed by atoms with E-state index in [9.17, 15) is 4.79 Å². The maximum absolute atomic E-state index is 12.1. The van der Waals surface area contributed by atoms with Crippen molar-refractivity contribution in [3.05, 3.63) is 36.1 Å². The third-order valence-electron chi connectivity index (χ3n) is 3.43. The van der Waals surface area contributed by atoms with Crippen molar-refractivity contribution in [3.63, 3.8) is 0 Å². The molecule has 3 N–H and O–H groups in total. The molecule has 0 saturated carbocycles. The van der Waals surface area contributed by atoms with Crippen LogP contribution < -0.4 is 11.1 Å². The van der Waals surface area contributed by atoms with E-state index in [2.05, 4.69) is 19.2 Å². The maximum atomic E-state index is 12.1. The summed E-state index contributed by atoms with van der Waals surface area (Å²) in [7, 11) is 0. The van der Waals surface area contributed by atoms with E-state index in [4.69, 9.17) is 10.2 Å². The Hall–Kier alpha value is -1.81. The number of rotatable bonds is 6. The number of carbonyl (C=O) groups is 1. The van der Waals surface area contributed by atoms with E-state index in [0.717, 1.165) is 23.8 Å². The van der Waals surface area contributed by atoms with Gasteiger partial charge in [0.05, 0.1) is 0 Å². The number of hydrogen-bond acceptors (Lipinski definition) is 3. The lowest BCUT2D eigenvalue weighted by molar-refractivity contribution is 0.0908. The number of fused-ring (bicyclic) bond motifs is 1. The molecule has 1 amide bonds. The highest BCUT2D eigenvalue weighted by molar-refractivity contribution is 5.96. The van der Waals surface area contributed by atoms with Gasteiger partial charge in [-0.1, -0.05) is 32.0 Å². The van der Waals surface area contributed by atoms with Gasteiger partial charge in [-0.2, -0.15) is 0 Å². The van der Waals surface area contributed by atoms with Gasteiger partial charge in [-0.25, -0.2) is 0 Å². The molecule has 0 fully saturated rings. The molecule has 0 radical (unpaired) electrons. The van der Waals surface area contributed by atoms with Gasteiger partial charge in [0.25, 0.3) is 5.91 Å². The van der Waals surface area contributed by atoms with E-state index in [-0.39, 0.29) is 11.3 Å². The van der Waals surface area contributed by atoms with Gasteiger partial charge in [0, 0.05) is 11.9 Å². The van der Waals surface area contributed by atoms with Crippen LogP contribution in [0.2, 0.25) is 0 Å². The van der Waals surface area contributed by atoms with E-state index >= 15 is 0 Å². The second kappa shape index (κ2) is 6.09. The number of furan rings is 1. The van der Waals surface area contributed by atoms with Crippen molar-refractivity contribution in [1.29, 1.82) is 0 Å². The Morgan fingerprint density at radius 2 is 2.10 bits per heavy atom. The van der Waals surface area contributed by atoms with E-state index in [0.29, 0.717) is 18.8 Å². The number of para-hydroxylation sites is 1. The summed E-state index contributed by atoms with van der Waals surface area (Å²) in [6, 6.07) is 9.38. The molecule has 1 aromatic heterocycles. The van der Waals surface area contributed by atoms with Gasteiger partial charge in [-0.15, -0.1) is 0 Å². The molecule has 108 valence electrons. The SMILES string of the molecule is CC(C)(CCCN)CNC(=O)c1cc2ccccc2o1. The molecule has 0 saturated heterocycles. The van der Waals surface area contributed by atoms with Crippen LogP contribution in [0.1, 0.15) is 37.2 Å². The molecule has 4 nitrogen and oxygen atoms in total. The molecule has 4 heteroatoms. The van der Waals surface area contributed by atoms with Gasteiger partial charge in [-0.3, -0.25) is 4.79 Å². The molecular formula is C16H22N2O2. The van der Waals surface area contributed by atoms with Gasteiger partial charge >= 0.3 is 0 Å². The summed E-state index contributed by atoms with van der Waals surface area (Å²) in [5, 5.41) is 3.88. The van der Waals surface area contributed by atoms with Crippen LogP contribution in [0.3, 0.4) is 0 Å². The Labute approximate surface area is 119 Å². The largest absolute Gasteiger partial charge is 0.451 e. The molecule has 2 aromatic rings. The molecular weight excluding hydrogens is 252 g/mol. The second-order valence-electron chi connectivity index (χ2n) is 5.89. The lowest BCUT2D eigenvalue weighted by atomic mass is 9.88. The van der Waals surface area contributed by atoms with Crippen LogP contribution in [0.5, 0.6) is 0 Å². The maximum Gasteiger partial charge on any atom is 0.287 e. The summed E-state index contributed by atoms with van der Waals surface area (Å²) in [6.45, 7) is 5.55. The molecule has 0 spiro atoms. The average Bonchev–Trinajstić information content (AvgIpc) is 2.86. The Morgan fingerprint density at radius 1 is 1.35 bits per heavy atom. The Bertz CT molecular complexity index is 554. The van der Waals surface area contributed by atoms with Crippen LogP contribution in [0, 0.1) is 5.41 Å². The summed E-state index contributed by atoms with van der Waals surface area (Å²) in [5.74, 6) is 0.197. The van der Waals surface area contributed by atoms with Gasteiger partial charge in [0.15, 0.2) is 5.76 Å². The van der Waals surface area contributed by atoms with Crippen molar-refractivity contribution in [2.45, 2.75) is 26.7 Å². The van der Waals surface area contributed by atoms with Crippen molar-refractivity contribution >= 4 is 16.9 Å². The predicted octanol–water partition coefficient (Wildman–Crippen LogP) is 2.93. The second-order valence-corrected chi connectivity index (χ2v) is 5.89. The minimum absolute atomic E-state index is 0.0427. The van der Waals surface area contributed by atoms with Crippen LogP contribution in [0.4, 0.5) is 0 Å². The summed E-state index contributed by atoms with van der Waals surface area (Å²) < 4.78 is 5.54. The summed E-state index contributed by atoms with van der Waals surface area (Å²) in [6.07, 6.45) is 1.96. The van der Waals surface area contributed by atoms with Crippen LogP contribution >= 0.6 is 0 Å². The molecule has 1 heterocycles. The molecule has 0 atom stereocenters. The first-order valence-corrected chi connectivity index (χ1v) is 6.99. The number of nitrogens with one attached hydrogen (secondary N) is 1. The van der Waals surface area contributed by atoms with E-state index in [1.807, 2.05) is 24.3 Å². The first-order valence-electron chi connectivity index (χ1n) is 6.99. The Morgan fingerprint density at radius 3 is 2.80 bits per heavy atom. The molecule has 0 aliphatic carbocycles.